The van der Waals surface area contributed by atoms with Crippen LogP contribution in [0.3, 0.4) is 0 Å². The molecule has 0 aromatic heterocycles. The monoisotopic (exact) mass is 413 g/mol. The summed E-state index contributed by atoms with van der Waals surface area (Å²) in [6, 6.07) is 15.2. The number of carboxylic acids is 1. The van der Waals surface area contributed by atoms with Crippen molar-refractivity contribution in [3.8, 4) is 11.1 Å². The fourth-order valence-corrected chi connectivity index (χ4v) is 4.74. The molecule has 29 heavy (non-hydrogen) atoms. The molecule has 0 unspecified atom stereocenters. The van der Waals surface area contributed by atoms with E-state index < -0.39 is 18.1 Å². The number of hydrogen-bond acceptors (Lipinski definition) is 4. The van der Waals surface area contributed by atoms with Crippen LogP contribution in [0.15, 0.2) is 48.5 Å². The standard InChI is InChI=1S/C23H27NO4S/c1-15(2)11-12-29-14-21(22(25)26)24-23(27)28-13-20-18-9-5-3-7-16(18)17-8-4-6-10-19(17)20/h3-10,15,20-21H,11-14H2,1-2H3,(H,24,27)(H,25,26)/t21-/m0/s1. The maximum atomic E-state index is 12.3. The number of amides is 1. The van der Waals surface area contributed by atoms with E-state index in [9.17, 15) is 14.7 Å². The lowest BCUT2D eigenvalue weighted by molar-refractivity contribution is -0.138. The maximum Gasteiger partial charge on any atom is 0.407 e. The number of ether oxygens (including phenoxy) is 1. The molecule has 1 amide bonds. The molecule has 0 spiro atoms. The fraction of sp³-hybridized carbons (Fsp3) is 0.391. The highest BCUT2D eigenvalue weighted by Crippen LogP contribution is 2.44. The van der Waals surface area contributed by atoms with E-state index in [1.807, 2.05) is 36.4 Å². The normalized spacial score (nSPS) is 13.6. The van der Waals surface area contributed by atoms with Crippen molar-refractivity contribution >= 4 is 23.8 Å². The van der Waals surface area contributed by atoms with Gasteiger partial charge in [0.2, 0.25) is 0 Å². The van der Waals surface area contributed by atoms with Crippen molar-refractivity contribution in [2.45, 2.75) is 32.2 Å². The minimum absolute atomic E-state index is 0.0446. The molecule has 2 N–H and O–H groups in total. The zero-order valence-electron chi connectivity index (χ0n) is 16.8. The van der Waals surface area contributed by atoms with Crippen LogP contribution in [-0.2, 0) is 9.53 Å². The Morgan fingerprint density at radius 3 is 2.21 bits per heavy atom. The van der Waals surface area contributed by atoms with Gasteiger partial charge in [-0.25, -0.2) is 9.59 Å². The van der Waals surface area contributed by atoms with E-state index >= 15 is 0 Å². The molecule has 2 aromatic carbocycles. The predicted octanol–water partition coefficient (Wildman–Crippen LogP) is 4.76. The van der Waals surface area contributed by atoms with E-state index in [0.717, 1.165) is 34.4 Å². The van der Waals surface area contributed by atoms with Gasteiger partial charge in [0.15, 0.2) is 0 Å². The Morgan fingerprint density at radius 2 is 1.66 bits per heavy atom. The number of hydrogen-bond donors (Lipinski definition) is 2. The molecule has 6 heteroatoms. The number of benzene rings is 2. The third-order valence-electron chi connectivity index (χ3n) is 5.06. The average molecular weight is 414 g/mol. The lowest BCUT2D eigenvalue weighted by Gasteiger charge is -2.17. The molecule has 0 saturated carbocycles. The number of alkyl carbamates (subject to hydrolysis) is 1. The summed E-state index contributed by atoms with van der Waals surface area (Å²) in [4.78, 5) is 23.7. The molecule has 0 bridgehead atoms. The number of rotatable bonds is 9. The summed E-state index contributed by atoms with van der Waals surface area (Å²) in [6.07, 6.45) is 0.325. The molecule has 1 aliphatic carbocycles. The summed E-state index contributed by atoms with van der Waals surface area (Å²) < 4.78 is 5.44. The molecular weight excluding hydrogens is 386 g/mol. The van der Waals surface area contributed by atoms with Gasteiger partial charge >= 0.3 is 12.1 Å². The molecule has 0 saturated heterocycles. The summed E-state index contributed by atoms with van der Waals surface area (Å²) in [5.41, 5.74) is 4.56. The van der Waals surface area contributed by atoms with Crippen LogP contribution >= 0.6 is 11.8 Å². The first-order valence-electron chi connectivity index (χ1n) is 9.89. The number of fused-ring (bicyclic) bond motifs is 3. The quantitative estimate of drug-likeness (QED) is 0.580. The molecule has 0 aliphatic heterocycles. The molecule has 3 rings (SSSR count). The van der Waals surface area contributed by atoms with Gasteiger partial charge in [0.05, 0.1) is 0 Å². The zero-order valence-corrected chi connectivity index (χ0v) is 17.6. The van der Waals surface area contributed by atoms with Gasteiger partial charge in [0.25, 0.3) is 0 Å². The molecular formula is C23H27NO4S. The third kappa shape index (κ3) is 5.32. The van der Waals surface area contributed by atoms with E-state index in [0.29, 0.717) is 11.7 Å². The highest BCUT2D eigenvalue weighted by Gasteiger charge is 2.29. The SMILES string of the molecule is CC(C)CCSC[C@H](NC(=O)OCC1c2ccccc2-c2ccccc21)C(=O)O. The van der Waals surface area contributed by atoms with Gasteiger partial charge in [-0.05, 0) is 40.3 Å². The van der Waals surface area contributed by atoms with E-state index in [1.54, 1.807) is 0 Å². The topological polar surface area (TPSA) is 75.6 Å². The second-order valence-electron chi connectivity index (χ2n) is 7.62. The fourth-order valence-electron chi connectivity index (χ4n) is 3.48. The Balaban J connectivity index is 1.58. The zero-order chi connectivity index (χ0) is 20.8. The Hall–Kier alpha value is -2.47. The third-order valence-corrected chi connectivity index (χ3v) is 6.15. The number of thioether (sulfide) groups is 1. The number of nitrogens with one attached hydrogen (secondary N) is 1. The summed E-state index contributed by atoms with van der Waals surface area (Å²) >= 11 is 1.53. The van der Waals surface area contributed by atoms with Crippen molar-refractivity contribution in [3.05, 3.63) is 59.7 Å². The van der Waals surface area contributed by atoms with Gasteiger partial charge in [-0.1, -0.05) is 62.4 Å². The maximum absolute atomic E-state index is 12.3. The second kappa shape index (κ2) is 9.83. The van der Waals surface area contributed by atoms with Gasteiger partial charge in [-0.2, -0.15) is 11.8 Å². The summed E-state index contributed by atoms with van der Waals surface area (Å²) in [7, 11) is 0. The number of aliphatic carboxylic acids is 1. The van der Waals surface area contributed by atoms with Crippen LogP contribution in [0.4, 0.5) is 4.79 Å². The summed E-state index contributed by atoms with van der Waals surface area (Å²) in [6.45, 7) is 4.43. The van der Waals surface area contributed by atoms with Gasteiger partial charge in [0, 0.05) is 11.7 Å². The molecule has 0 radical (unpaired) electrons. The molecule has 1 atom stereocenters. The van der Waals surface area contributed by atoms with E-state index in [4.69, 9.17) is 4.74 Å². The number of carbonyl (C=O) groups is 2. The van der Waals surface area contributed by atoms with Crippen molar-refractivity contribution in [3.63, 3.8) is 0 Å². The van der Waals surface area contributed by atoms with Crippen molar-refractivity contribution in [1.29, 1.82) is 0 Å². The van der Waals surface area contributed by atoms with Gasteiger partial charge in [0.1, 0.15) is 12.6 Å². The predicted molar refractivity (Wildman–Crippen MR) is 116 cm³/mol. The van der Waals surface area contributed by atoms with Gasteiger partial charge in [-0.15, -0.1) is 0 Å². The molecule has 1 aliphatic rings. The minimum Gasteiger partial charge on any atom is -0.480 e. The first-order valence-corrected chi connectivity index (χ1v) is 11.0. The Labute approximate surface area is 175 Å². The Bertz CT molecular complexity index is 822. The van der Waals surface area contributed by atoms with Crippen LogP contribution < -0.4 is 5.32 Å². The minimum atomic E-state index is -1.05. The number of carboxylic acid groups (broad SMARTS) is 1. The van der Waals surface area contributed by atoms with E-state index in [1.165, 1.54) is 11.8 Å². The highest BCUT2D eigenvalue weighted by molar-refractivity contribution is 7.99. The van der Waals surface area contributed by atoms with Crippen molar-refractivity contribution < 1.29 is 19.4 Å². The lowest BCUT2D eigenvalue weighted by atomic mass is 9.98. The van der Waals surface area contributed by atoms with Crippen LogP contribution in [0.2, 0.25) is 0 Å². The largest absolute Gasteiger partial charge is 0.480 e. The molecule has 0 heterocycles. The van der Waals surface area contributed by atoms with Crippen LogP contribution in [0.1, 0.15) is 37.3 Å². The van der Waals surface area contributed by atoms with E-state index in [2.05, 4.69) is 31.3 Å². The summed E-state index contributed by atoms with van der Waals surface area (Å²) in [5.74, 6) is 0.674. The number of carbonyl (C=O) groups excluding carboxylic acids is 1. The molecule has 154 valence electrons. The molecule has 5 nitrogen and oxygen atoms in total. The highest BCUT2D eigenvalue weighted by atomic mass is 32.2. The first-order chi connectivity index (χ1) is 14.0. The van der Waals surface area contributed by atoms with Gasteiger partial charge in [-0.3, -0.25) is 0 Å². The van der Waals surface area contributed by atoms with Crippen LogP contribution in [-0.4, -0.2) is 41.3 Å². The van der Waals surface area contributed by atoms with Crippen LogP contribution in [0.25, 0.3) is 11.1 Å². The van der Waals surface area contributed by atoms with Crippen LogP contribution in [0.5, 0.6) is 0 Å². The van der Waals surface area contributed by atoms with Crippen molar-refractivity contribution in [1.82, 2.24) is 5.32 Å². The second-order valence-corrected chi connectivity index (χ2v) is 8.77. The smallest absolute Gasteiger partial charge is 0.407 e. The average Bonchev–Trinajstić information content (AvgIpc) is 3.02. The van der Waals surface area contributed by atoms with E-state index in [-0.39, 0.29) is 12.5 Å². The van der Waals surface area contributed by atoms with Crippen molar-refractivity contribution in [2.24, 2.45) is 5.92 Å². The first kappa shape index (κ1) is 21.2. The lowest BCUT2D eigenvalue weighted by Crippen LogP contribution is -2.43. The molecule has 0 fully saturated rings. The van der Waals surface area contributed by atoms with Crippen molar-refractivity contribution in [2.75, 3.05) is 18.1 Å². The van der Waals surface area contributed by atoms with Crippen LogP contribution in [0, 0.1) is 5.92 Å². The Morgan fingerprint density at radius 1 is 1.07 bits per heavy atom. The molecule has 2 aromatic rings. The van der Waals surface area contributed by atoms with Gasteiger partial charge < -0.3 is 15.2 Å². The summed E-state index contributed by atoms with van der Waals surface area (Å²) in [5, 5.41) is 11.9. The Kier molecular flexibility index (Phi) is 7.20.